The van der Waals surface area contributed by atoms with E-state index in [-0.39, 0.29) is 23.2 Å². The lowest BCUT2D eigenvalue weighted by Gasteiger charge is -2.27. The number of halogens is 1. The molecule has 160 valence electrons. The molecule has 0 bridgehead atoms. The number of nitrogens with one attached hydrogen (secondary N) is 2. The highest BCUT2D eigenvalue weighted by Gasteiger charge is 2.23. The Morgan fingerprint density at radius 2 is 1.68 bits per heavy atom. The van der Waals surface area contributed by atoms with Crippen molar-refractivity contribution in [2.24, 2.45) is 0 Å². The predicted molar refractivity (Wildman–Crippen MR) is 115 cm³/mol. The van der Waals surface area contributed by atoms with E-state index in [4.69, 9.17) is 0 Å². The van der Waals surface area contributed by atoms with Crippen molar-refractivity contribution in [1.82, 2.24) is 19.8 Å². The molecular formula is C19H33ClN4O3S. The number of nitrogens with zero attached hydrogens (tertiary/aromatic N) is 2. The fraction of sp³-hybridized carbons (Fsp3) is 0.632. The van der Waals surface area contributed by atoms with Gasteiger partial charge in [-0.25, -0.2) is 8.42 Å². The van der Waals surface area contributed by atoms with Gasteiger partial charge in [0.05, 0.1) is 4.90 Å². The maximum absolute atomic E-state index is 12.8. The molecule has 0 aromatic heterocycles. The number of hydrogen-bond acceptors (Lipinski definition) is 5. The van der Waals surface area contributed by atoms with Crippen LogP contribution < -0.4 is 10.6 Å². The Bertz CT molecular complexity index is 686. The van der Waals surface area contributed by atoms with Gasteiger partial charge in [-0.15, -0.1) is 12.4 Å². The van der Waals surface area contributed by atoms with Crippen LogP contribution in [-0.4, -0.2) is 75.9 Å². The molecule has 0 aliphatic carbocycles. The van der Waals surface area contributed by atoms with Gasteiger partial charge >= 0.3 is 0 Å². The minimum Gasteiger partial charge on any atom is -0.351 e. The van der Waals surface area contributed by atoms with Crippen LogP contribution in [0.4, 0.5) is 0 Å². The highest BCUT2D eigenvalue weighted by Crippen LogP contribution is 2.17. The quantitative estimate of drug-likeness (QED) is 0.586. The molecule has 2 rings (SSSR count). The Hall–Kier alpha value is -1.19. The summed E-state index contributed by atoms with van der Waals surface area (Å²) in [4.78, 5) is 14.8. The van der Waals surface area contributed by atoms with Crippen molar-refractivity contribution in [2.45, 2.75) is 31.6 Å². The fourth-order valence-corrected chi connectivity index (χ4v) is 4.77. The summed E-state index contributed by atoms with van der Waals surface area (Å²) in [5.74, 6) is -0.173. The number of benzene rings is 1. The van der Waals surface area contributed by atoms with Gasteiger partial charge in [0.1, 0.15) is 0 Å². The first kappa shape index (κ1) is 24.8. The molecule has 0 spiro atoms. The first-order chi connectivity index (χ1) is 13.0. The molecule has 1 saturated heterocycles. The van der Waals surface area contributed by atoms with E-state index < -0.39 is 10.0 Å². The second-order valence-electron chi connectivity index (χ2n) is 6.78. The molecule has 9 heteroatoms. The summed E-state index contributed by atoms with van der Waals surface area (Å²) in [5.41, 5.74) is 0.479. The number of rotatable bonds is 10. The fourth-order valence-electron chi connectivity index (χ4n) is 3.14. The van der Waals surface area contributed by atoms with Crippen molar-refractivity contribution in [2.75, 3.05) is 52.4 Å². The normalized spacial score (nSPS) is 15.2. The van der Waals surface area contributed by atoms with Crippen LogP contribution in [0.1, 0.15) is 37.0 Å². The largest absolute Gasteiger partial charge is 0.351 e. The summed E-state index contributed by atoms with van der Waals surface area (Å²) in [6.07, 6.45) is 1.54. The van der Waals surface area contributed by atoms with Gasteiger partial charge in [-0.1, -0.05) is 13.8 Å². The number of piperazine rings is 1. The summed E-state index contributed by atoms with van der Waals surface area (Å²) < 4.78 is 27.0. The molecule has 1 fully saturated rings. The van der Waals surface area contributed by atoms with Crippen molar-refractivity contribution in [1.29, 1.82) is 0 Å². The summed E-state index contributed by atoms with van der Waals surface area (Å²) >= 11 is 0. The van der Waals surface area contributed by atoms with Crippen LogP contribution in [0, 0.1) is 0 Å². The Morgan fingerprint density at radius 3 is 2.21 bits per heavy atom. The first-order valence-corrected chi connectivity index (χ1v) is 11.2. The summed E-state index contributed by atoms with van der Waals surface area (Å²) in [7, 11) is -3.51. The van der Waals surface area contributed by atoms with E-state index in [2.05, 4.69) is 15.5 Å². The van der Waals surface area contributed by atoms with Crippen molar-refractivity contribution < 1.29 is 13.2 Å². The molecular weight excluding hydrogens is 400 g/mol. The average Bonchev–Trinajstić information content (AvgIpc) is 2.68. The molecule has 7 nitrogen and oxygen atoms in total. The molecule has 2 N–H and O–H groups in total. The Balaban J connectivity index is 0.00000392. The van der Waals surface area contributed by atoms with Gasteiger partial charge in [-0.2, -0.15) is 4.31 Å². The van der Waals surface area contributed by atoms with Crippen LogP contribution >= 0.6 is 12.4 Å². The van der Waals surface area contributed by atoms with Gasteiger partial charge in [0.25, 0.3) is 5.91 Å². The molecule has 28 heavy (non-hydrogen) atoms. The van der Waals surface area contributed by atoms with Crippen molar-refractivity contribution in [3.63, 3.8) is 0 Å². The zero-order valence-corrected chi connectivity index (χ0v) is 18.4. The highest BCUT2D eigenvalue weighted by atomic mass is 35.5. The van der Waals surface area contributed by atoms with Crippen LogP contribution in [-0.2, 0) is 10.0 Å². The Kier molecular flexibility index (Phi) is 11.0. The van der Waals surface area contributed by atoms with Crippen LogP contribution in [0.2, 0.25) is 0 Å². The third kappa shape index (κ3) is 7.00. The lowest BCUT2D eigenvalue weighted by Crippen LogP contribution is -2.46. The minimum absolute atomic E-state index is 0. The monoisotopic (exact) mass is 432 g/mol. The highest BCUT2D eigenvalue weighted by molar-refractivity contribution is 7.89. The summed E-state index contributed by atoms with van der Waals surface area (Å²) in [6, 6.07) is 6.23. The van der Waals surface area contributed by atoms with Crippen LogP contribution in [0.25, 0.3) is 0 Å². The third-order valence-corrected chi connectivity index (χ3v) is 6.54. The van der Waals surface area contributed by atoms with Crippen LogP contribution in [0.5, 0.6) is 0 Å². The van der Waals surface area contributed by atoms with E-state index in [0.29, 0.717) is 25.2 Å². The standard InChI is InChI=1S/C19H32N4O3S.ClH/c1-3-12-23(13-4-2)27(25,26)18-7-5-17(6-8-18)19(24)21-11-16-22-14-9-20-10-15-22;/h5-8,20H,3-4,9-16H2,1-2H3,(H,21,24);1H. The molecule has 1 aliphatic heterocycles. The van der Waals surface area contributed by atoms with E-state index in [0.717, 1.165) is 45.6 Å². The van der Waals surface area contributed by atoms with E-state index in [9.17, 15) is 13.2 Å². The number of sulfonamides is 1. The van der Waals surface area contributed by atoms with Gasteiger partial charge in [-0.05, 0) is 37.1 Å². The molecule has 1 amide bonds. The molecule has 1 aromatic rings. The maximum atomic E-state index is 12.8. The number of carbonyl (C=O) groups excluding carboxylic acids is 1. The lowest BCUT2D eigenvalue weighted by molar-refractivity contribution is 0.0947. The van der Waals surface area contributed by atoms with E-state index in [1.165, 1.54) is 16.4 Å². The minimum atomic E-state index is -3.51. The van der Waals surface area contributed by atoms with E-state index in [1.807, 2.05) is 13.8 Å². The van der Waals surface area contributed by atoms with Gasteiger partial charge in [0.15, 0.2) is 0 Å². The molecule has 1 aliphatic rings. The van der Waals surface area contributed by atoms with Crippen molar-refractivity contribution >= 4 is 28.3 Å². The van der Waals surface area contributed by atoms with Crippen molar-refractivity contribution in [3.05, 3.63) is 29.8 Å². The topological polar surface area (TPSA) is 81.8 Å². The van der Waals surface area contributed by atoms with Crippen molar-refractivity contribution in [3.8, 4) is 0 Å². The lowest BCUT2D eigenvalue weighted by atomic mass is 10.2. The third-order valence-electron chi connectivity index (χ3n) is 4.62. The van der Waals surface area contributed by atoms with Gasteiger partial charge < -0.3 is 10.6 Å². The number of hydrogen-bond donors (Lipinski definition) is 2. The molecule has 0 radical (unpaired) electrons. The molecule has 0 saturated carbocycles. The summed E-state index contributed by atoms with van der Waals surface area (Å²) in [5, 5.41) is 6.21. The SMILES string of the molecule is CCCN(CCC)S(=O)(=O)c1ccc(C(=O)NCCN2CCNCC2)cc1.Cl. The van der Waals surface area contributed by atoms with Crippen LogP contribution in [0.15, 0.2) is 29.2 Å². The van der Waals surface area contributed by atoms with E-state index in [1.54, 1.807) is 12.1 Å². The van der Waals surface area contributed by atoms with Gasteiger partial charge in [-0.3, -0.25) is 9.69 Å². The molecule has 0 atom stereocenters. The van der Waals surface area contributed by atoms with Gasteiger partial charge in [0.2, 0.25) is 10.0 Å². The predicted octanol–water partition coefficient (Wildman–Crippen LogP) is 1.55. The zero-order valence-electron chi connectivity index (χ0n) is 16.8. The first-order valence-electron chi connectivity index (χ1n) is 9.80. The number of amides is 1. The second kappa shape index (κ2) is 12.4. The Labute approximate surface area is 175 Å². The molecule has 0 unspecified atom stereocenters. The van der Waals surface area contributed by atoms with Crippen LogP contribution in [0.3, 0.4) is 0 Å². The maximum Gasteiger partial charge on any atom is 0.251 e. The summed E-state index contributed by atoms with van der Waals surface area (Å²) in [6.45, 7) is 10.3. The number of carbonyl (C=O) groups is 1. The smallest absolute Gasteiger partial charge is 0.251 e. The Morgan fingerprint density at radius 1 is 1.11 bits per heavy atom. The van der Waals surface area contributed by atoms with Gasteiger partial charge in [0, 0.05) is 57.9 Å². The molecule has 1 heterocycles. The molecule has 1 aromatic carbocycles. The second-order valence-corrected chi connectivity index (χ2v) is 8.71. The van der Waals surface area contributed by atoms with E-state index >= 15 is 0 Å². The average molecular weight is 433 g/mol. The zero-order chi connectivity index (χ0) is 19.7.